The van der Waals surface area contributed by atoms with Gasteiger partial charge in [0.05, 0.1) is 18.5 Å². The van der Waals surface area contributed by atoms with Crippen LogP contribution in [0.5, 0.6) is 5.75 Å². The number of pyridine rings is 1. The van der Waals surface area contributed by atoms with E-state index in [1.54, 1.807) is 7.11 Å². The lowest BCUT2D eigenvalue weighted by atomic mass is 10.1. The van der Waals surface area contributed by atoms with Crippen LogP contribution in [0.25, 0.3) is 16.9 Å². The summed E-state index contributed by atoms with van der Waals surface area (Å²) in [7, 11) is 1.65. The van der Waals surface area contributed by atoms with Crippen LogP contribution < -0.4 is 10.1 Å². The molecule has 5 heteroatoms. The highest BCUT2D eigenvalue weighted by Crippen LogP contribution is 2.26. The molecular formula is C17H17N3O2. The smallest absolute Gasteiger partial charge is 0.221 e. The number of methoxy groups -OCH3 is 1. The number of anilines is 1. The monoisotopic (exact) mass is 295 g/mol. The number of aromatic nitrogens is 2. The molecule has 2 heterocycles. The Morgan fingerprint density at radius 1 is 1.18 bits per heavy atom. The second kappa shape index (κ2) is 5.52. The molecule has 0 saturated heterocycles. The second-order valence-electron chi connectivity index (χ2n) is 5.10. The minimum Gasteiger partial charge on any atom is -0.497 e. The third-order valence-corrected chi connectivity index (χ3v) is 3.54. The first-order valence-corrected chi connectivity index (χ1v) is 6.99. The van der Waals surface area contributed by atoms with Gasteiger partial charge in [0.25, 0.3) is 0 Å². The van der Waals surface area contributed by atoms with Gasteiger partial charge in [0, 0.05) is 24.4 Å². The fourth-order valence-corrected chi connectivity index (χ4v) is 2.46. The van der Waals surface area contributed by atoms with Crippen LogP contribution in [0.15, 0.2) is 42.6 Å². The Morgan fingerprint density at radius 3 is 2.55 bits per heavy atom. The predicted molar refractivity (Wildman–Crippen MR) is 86.2 cm³/mol. The molecule has 0 aliphatic carbocycles. The van der Waals surface area contributed by atoms with Crippen LogP contribution >= 0.6 is 0 Å². The number of rotatable bonds is 3. The molecule has 1 aromatic carbocycles. The number of aryl methyl sites for hydroxylation is 1. The molecule has 112 valence electrons. The standard InChI is InChI=1S/C17H17N3O2/c1-11-17(13-4-7-15(22-3)8-5-13)19-16-9-6-14(10-20(11)16)18-12(2)21/h4-10H,1-3H3,(H,18,21). The van der Waals surface area contributed by atoms with E-state index < -0.39 is 0 Å². The third kappa shape index (κ3) is 2.53. The van der Waals surface area contributed by atoms with E-state index in [4.69, 9.17) is 4.74 Å². The molecule has 0 bridgehead atoms. The van der Waals surface area contributed by atoms with E-state index in [0.29, 0.717) is 0 Å². The van der Waals surface area contributed by atoms with Crippen molar-refractivity contribution in [2.45, 2.75) is 13.8 Å². The number of imidazole rings is 1. The average molecular weight is 295 g/mol. The van der Waals surface area contributed by atoms with Gasteiger partial charge in [0.1, 0.15) is 11.4 Å². The molecule has 0 saturated carbocycles. The Labute approximate surface area is 128 Å². The lowest BCUT2D eigenvalue weighted by Crippen LogP contribution is -2.06. The molecule has 5 nitrogen and oxygen atoms in total. The number of carbonyl (C=O) groups is 1. The predicted octanol–water partition coefficient (Wildman–Crippen LogP) is 3.28. The van der Waals surface area contributed by atoms with E-state index in [1.807, 2.05) is 53.9 Å². The number of nitrogens with one attached hydrogen (secondary N) is 1. The van der Waals surface area contributed by atoms with Crippen LogP contribution in [0.1, 0.15) is 12.6 Å². The molecular weight excluding hydrogens is 278 g/mol. The molecule has 0 aliphatic heterocycles. The van der Waals surface area contributed by atoms with Gasteiger partial charge in [-0.15, -0.1) is 0 Å². The molecule has 2 aromatic heterocycles. The number of hydrogen-bond donors (Lipinski definition) is 1. The van der Waals surface area contributed by atoms with E-state index in [9.17, 15) is 4.79 Å². The molecule has 0 fully saturated rings. The molecule has 0 atom stereocenters. The van der Waals surface area contributed by atoms with Gasteiger partial charge >= 0.3 is 0 Å². The van der Waals surface area contributed by atoms with Gasteiger partial charge in [-0.3, -0.25) is 4.79 Å². The lowest BCUT2D eigenvalue weighted by Gasteiger charge is -2.04. The van der Waals surface area contributed by atoms with Crippen LogP contribution in [0.4, 0.5) is 5.69 Å². The summed E-state index contributed by atoms with van der Waals surface area (Å²) >= 11 is 0. The first kappa shape index (κ1) is 14.1. The molecule has 3 rings (SSSR count). The van der Waals surface area contributed by atoms with Gasteiger partial charge in [0.15, 0.2) is 0 Å². The SMILES string of the molecule is COc1ccc(-c2nc3ccc(NC(C)=O)cn3c2C)cc1. The maximum atomic E-state index is 11.2. The van der Waals surface area contributed by atoms with Crippen LogP contribution in [-0.2, 0) is 4.79 Å². The molecule has 1 amide bonds. The Hall–Kier alpha value is -2.82. The van der Waals surface area contributed by atoms with Crippen molar-refractivity contribution in [2.75, 3.05) is 12.4 Å². The second-order valence-corrected chi connectivity index (χ2v) is 5.10. The quantitative estimate of drug-likeness (QED) is 0.806. The Morgan fingerprint density at radius 2 is 1.91 bits per heavy atom. The number of hydrogen-bond acceptors (Lipinski definition) is 3. The zero-order chi connectivity index (χ0) is 15.7. The van der Waals surface area contributed by atoms with E-state index >= 15 is 0 Å². The fraction of sp³-hybridized carbons (Fsp3) is 0.176. The molecule has 1 N–H and O–H groups in total. The summed E-state index contributed by atoms with van der Waals surface area (Å²) in [5.41, 5.74) is 4.57. The summed E-state index contributed by atoms with van der Waals surface area (Å²) in [5.74, 6) is 0.727. The Bertz CT molecular complexity index is 835. The number of benzene rings is 1. The van der Waals surface area contributed by atoms with E-state index in [0.717, 1.165) is 34.0 Å². The van der Waals surface area contributed by atoms with Gasteiger partial charge in [-0.1, -0.05) is 0 Å². The van der Waals surface area contributed by atoms with Crippen molar-refractivity contribution < 1.29 is 9.53 Å². The molecule has 3 aromatic rings. The summed E-state index contributed by atoms with van der Waals surface area (Å²) in [6.07, 6.45) is 1.88. The highest BCUT2D eigenvalue weighted by atomic mass is 16.5. The molecule has 0 unspecified atom stereocenters. The van der Waals surface area contributed by atoms with Crippen molar-refractivity contribution in [3.8, 4) is 17.0 Å². The lowest BCUT2D eigenvalue weighted by molar-refractivity contribution is -0.114. The summed E-state index contributed by atoms with van der Waals surface area (Å²) in [4.78, 5) is 15.8. The summed E-state index contributed by atoms with van der Waals surface area (Å²) in [6.45, 7) is 3.50. The summed E-state index contributed by atoms with van der Waals surface area (Å²) < 4.78 is 7.16. The van der Waals surface area contributed by atoms with E-state index in [2.05, 4.69) is 10.3 Å². The molecule has 0 spiro atoms. The number of amides is 1. The third-order valence-electron chi connectivity index (χ3n) is 3.54. The minimum atomic E-state index is -0.0903. The summed E-state index contributed by atoms with van der Waals surface area (Å²) in [5, 5.41) is 2.78. The zero-order valence-corrected chi connectivity index (χ0v) is 12.8. The first-order valence-electron chi connectivity index (χ1n) is 6.99. The van der Waals surface area contributed by atoms with E-state index in [1.165, 1.54) is 6.92 Å². The fourth-order valence-electron chi connectivity index (χ4n) is 2.46. The van der Waals surface area contributed by atoms with Crippen molar-refractivity contribution in [3.05, 3.63) is 48.3 Å². The zero-order valence-electron chi connectivity index (χ0n) is 12.8. The number of nitrogens with zero attached hydrogens (tertiary/aromatic N) is 2. The number of ether oxygens (including phenoxy) is 1. The maximum absolute atomic E-state index is 11.2. The van der Waals surface area contributed by atoms with Crippen molar-refractivity contribution in [1.82, 2.24) is 9.38 Å². The number of carbonyl (C=O) groups excluding carboxylic acids is 1. The van der Waals surface area contributed by atoms with Gasteiger partial charge in [-0.05, 0) is 43.3 Å². The highest BCUT2D eigenvalue weighted by molar-refractivity contribution is 5.88. The Kier molecular flexibility index (Phi) is 3.55. The topological polar surface area (TPSA) is 55.6 Å². The maximum Gasteiger partial charge on any atom is 0.221 e. The minimum absolute atomic E-state index is 0.0903. The average Bonchev–Trinajstić information content (AvgIpc) is 2.84. The number of fused-ring (bicyclic) bond motifs is 1. The van der Waals surface area contributed by atoms with Crippen LogP contribution in [0.3, 0.4) is 0 Å². The summed E-state index contributed by atoms with van der Waals surface area (Å²) in [6, 6.07) is 11.6. The van der Waals surface area contributed by atoms with Crippen molar-refractivity contribution in [2.24, 2.45) is 0 Å². The van der Waals surface area contributed by atoms with Crippen molar-refractivity contribution in [1.29, 1.82) is 0 Å². The van der Waals surface area contributed by atoms with E-state index in [-0.39, 0.29) is 5.91 Å². The van der Waals surface area contributed by atoms with Crippen molar-refractivity contribution >= 4 is 17.2 Å². The van der Waals surface area contributed by atoms with Crippen molar-refractivity contribution in [3.63, 3.8) is 0 Å². The molecule has 22 heavy (non-hydrogen) atoms. The largest absolute Gasteiger partial charge is 0.497 e. The van der Waals surface area contributed by atoms with Gasteiger partial charge in [0.2, 0.25) is 5.91 Å². The normalized spacial score (nSPS) is 10.7. The van der Waals surface area contributed by atoms with Crippen LogP contribution in [-0.4, -0.2) is 22.4 Å². The van der Waals surface area contributed by atoms with Crippen LogP contribution in [0, 0.1) is 6.92 Å². The highest BCUT2D eigenvalue weighted by Gasteiger charge is 2.11. The molecule has 0 aliphatic rings. The Balaban J connectivity index is 2.06. The van der Waals surface area contributed by atoms with Gasteiger partial charge in [-0.2, -0.15) is 0 Å². The first-order chi connectivity index (χ1) is 10.6. The van der Waals surface area contributed by atoms with Gasteiger partial charge < -0.3 is 14.5 Å². The van der Waals surface area contributed by atoms with Gasteiger partial charge in [-0.25, -0.2) is 4.98 Å². The van der Waals surface area contributed by atoms with Crippen LogP contribution in [0.2, 0.25) is 0 Å². The molecule has 0 radical (unpaired) electrons.